The summed E-state index contributed by atoms with van der Waals surface area (Å²) in [6.07, 6.45) is 9.30. The van der Waals surface area contributed by atoms with E-state index in [4.69, 9.17) is 5.26 Å². The summed E-state index contributed by atoms with van der Waals surface area (Å²) in [6, 6.07) is 4.11. The quantitative estimate of drug-likeness (QED) is 0.878. The van der Waals surface area contributed by atoms with Crippen molar-refractivity contribution in [3.63, 3.8) is 0 Å². The molecule has 1 amide bonds. The van der Waals surface area contributed by atoms with Crippen molar-refractivity contribution in [2.45, 2.75) is 25.2 Å². The monoisotopic (exact) mass is 295 g/mol. The molecule has 22 heavy (non-hydrogen) atoms. The Hall–Kier alpha value is -2.55. The Balaban J connectivity index is 1.49. The van der Waals surface area contributed by atoms with E-state index in [0.717, 1.165) is 12.1 Å². The van der Waals surface area contributed by atoms with Crippen LogP contribution in [0.25, 0.3) is 5.65 Å². The number of fused-ring (bicyclic) bond motifs is 1. The minimum absolute atomic E-state index is 0.0522. The molecule has 0 spiro atoms. The van der Waals surface area contributed by atoms with Crippen LogP contribution in [0.4, 0.5) is 5.82 Å². The van der Waals surface area contributed by atoms with Gasteiger partial charge in [0.15, 0.2) is 12.0 Å². The highest BCUT2D eigenvalue weighted by Gasteiger charge is 2.28. The normalized spacial score (nSPS) is 21.0. The first-order valence-corrected chi connectivity index (χ1v) is 7.67. The Labute approximate surface area is 128 Å². The van der Waals surface area contributed by atoms with E-state index in [1.165, 1.54) is 18.4 Å². The van der Waals surface area contributed by atoms with Crippen LogP contribution in [0.5, 0.6) is 0 Å². The molecule has 1 saturated heterocycles. The molecule has 2 fully saturated rings. The zero-order valence-corrected chi connectivity index (χ0v) is 12.2. The average Bonchev–Trinajstić information content (AvgIpc) is 3.12. The molecule has 0 unspecified atom stereocenters. The summed E-state index contributed by atoms with van der Waals surface area (Å²) in [6.45, 7) is 1.16. The van der Waals surface area contributed by atoms with Crippen LogP contribution in [0.2, 0.25) is 0 Å². The minimum atomic E-state index is -0.133. The number of anilines is 1. The van der Waals surface area contributed by atoms with Gasteiger partial charge < -0.3 is 14.6 Å². The van der Waals surface area contributed by atoms with Crippen LogP contribution in [-0.4, -0.2) is 33.3 Å². The van der Waals surface area contributed by atoms with Crippen molar-refractivity contribution in [3.8, 4) is 6.19 Å². The maximum atomic E-state index is 12.2. The lowest BCUT2D eigenvalue weighted by Crippen LogP contribution is -2.25. The van der Waals surface area contributed by atoms with E-state index in [1.807, 2.05) is 16.7 Å². The highest BCUT2D eigenvalue weighted by molar-refractivity contribution is 5.92. The van der Waals surface area contributed by atoms with E-state index < -0.39 is 0 Å². The van der Waals surface area contributed by atoms with Gasteiger partial charge in [0, 0.05) is 19.3 Å². The first-order valence-electron chi connectivity index (χ1n) is 7.67. The van der Waals surface area contributed by atoms with Gasteiger partial charge in [-0.2, -0.15) is 5.26 Å². The number of carbonyl (C=O) groups excluding carboxylic acids is 1. The van der Waals surface area contributed by atoms with Gasteiger partial charge in [0.05, 0.1) is 12.1 Å². The molecule has 0 radical (unpaired) electrons. The van der Waals surface area contributed by atoms with E-state index in [2.05, 4.69) is 28.8 Å². The Morgan fingerprint density at radius 3 is 2.91 bits per heavy atom. The number of rotatable bonds is 3. The molecule has 6 heteroatoms. The van der Waals surface area contributed by atoms with E-state index in [9.17, 15) is 4.79 Å². The van der Waals surface area contributed by atoms with Gasteiger partial charge >= 0.3 is 0 Å². The Morgan fingerprint density at radius 1 is 1.32 bits per heavy atom. The number of hydrogen-bond donors (Lipinski definition) is 1. The zero-order chi connectivity index (χ0) is 15.1. The number of hydrogen-bond acceptors (Lipinski definition) is 4. The van der Waals surface area contributed by atoms with Gasteiger partial charge in [-0.05, 0) is 36.8 Å². The number of pyridine rings is 1. The molecule has 0 aromatic carbocycles. The summed E-state index contributed by atoms with van der Waals surface area (Å²) in [4.78, 5) is 18.3. The van der Waals surface area contributed by atoms with Gasteiger partial charge in [0.1, 0.15) is 5.65 Å². The molecule has 2 aromatic heterocycles. The second-order valence-electron chi connectivity index (χ2n) is 6.15. The number of likely N-dealkylation sites (tertiary alicyclic amines) is 1. The van der Waals surface area contributed by atoms with Crippen molar-refractivity contribution in [3.05, 3.63) is 30.1 Å². The molecular weight excluding hydrogens is 278 g/mol. The zero-order valence-electron chi connectivity index (χ0n) is 12.2. The second-order valence-corrected chi connectivity index (χ2v) is 6.15. The van der Waals surface area contributed by atoms with Crippen LogP contribution in [-0.2, 0) is 4.79 Å². The lowest BCUT2D eigenvalue weighted by atomic mass is 10.1. The number of aromatic nitrogens is 2. The number of nitrogens with one attached hydrogen (secondary N) is 1. The van der Waals surface area contributed by atoms with Crippen LogP contribution < -0.4 is 5.32 Å². The van der Waals surface area contributed by atoms with Gasteiger partial charge in [-0.3, -0.25) is 4.79 Å². The summed E-state index contributed by atoms with van der Waals surface area (Å²) in [5, 5.41) is 11.7. The summed E-state index contributed by atoms with van der Waals surface area (Å²) in [5.41, 5.74) is 2.17. The Morgan fingerprint density at radius 2 is 2.18 bits per heavy atom. The number of nitrogens with zero attached hydrogens (tertiary/aromatic N) is 4. The van der Waals surface area contributed by atoms with Crippen molar-refractivity contribution < 1.29 is 4.79 Å². The second kappa shape index (κ2) is 5.02. The van der Waals surface area contributed by atoms with Crippen LogP contribution in [0.1, 0.15) is 30.7 Å². The summed E-state index contributed by atoms with van der Waals surface area (Å²) in [7, 11) is 0. The SMILES string of the molecule is N#CN1CC[C@H](C(=O)Nc2cn3cc(C4CC4)ccc3n2)C1. The summed E-state index contributed by atoms with van der Waals surface area (Å²) >= 11 is 0. The number of carbonyl (C=O) groups is 1. The molecule has 3 heterocycles. The first kappa shape index (κ1) is 13.1. The number of imidazole rings is 1. The predicted octanol–water partition coefficient (Wildman–Crippen LogP) is 1.95. The van der Waals surface area contributed by atoms with Crippen molar-refractivity contribution in [1.82, 2.24) is 14.3 Å². The molecule has 0 bridgehead atoms. The van der Waals surface area contributed by atoms with Gasteiger partial charge in [-0.15, -0.1) is 0 Å². The largest absolute Gasteiger partial charge is 0.310 e. The fourth-order valence-electron chi connectivity index (χ4n) is 3.02. The molecule has 1 saturated carbocycles. The Bertz CT molecular complexity index is 770. The molecule has 1 aliphatic heterocycles. The minimum Gasteiger partial charge on any atom is -0.310 e. The van der Waals surface area contributed by atoms with Crippen LogP contribution in [0.15, 0.2) is 24.5 Å². The van der Waals surface area contributed by atoms with Gasteiger partial charge in [0.2, 0.25) is 5.91 Å². The van der Waals surface area contributed by atoms with Crippen molar-refractivity contribution >= 4 is 17.4 Å². The fourth-order valence-corrected chi connectivity index (χ4v) is 3.02. The van der Waals surface area contributed by atoms with Gasteiger partial charge in [0.25, 0.3) is 0 Å². The van der Waals surface area contributed by atoms with E-state index in [0.29, 0.717) is 24.8 Å². The third-order valence-corrected chi connectivity index (χ3v) is 4.47. The highest BCUT2D eigenvalue weighted by Crippen LogP contribution is 2.39. The lowest BCUT2D eigenvalue weighted by Gasteiger charge is -2.08. The topological polar surface area (TPSA) is 73.4 Å². The molecular formula is C16H17N5O. The predicted molar refractivity (Wildman–Crippen MR) is 81.1 cm³/mol. The van der Waals surface area contributed by atoms with Crippen LogP contribution in [0, 0.1) is 17.4 Å². The maximum Gasteiger partial charge on any atom is 0.230 e. The number of amides is 1. The molecule has 6 nitrogen and oxygen atoms in total. The van der Waals surface area contributed by atoms with Crippen molar-refractivity contribution in [2.24, 2.45) is 5.92 Å². The Kier molecular flexibility index (Phi) is 3.00. The van der Waals surface area contributed by atoms with E-state index in [-0.39, 0.29) is 11.8 Å². The van der Waals surface area contributed by atoms with Crippen molar-refractivity contribution in [1.29, 1.82) is 5.26 Å². The molecule has 4 rings (SSSR count). The van der Waals surface area contributed by atoms with Crippen LogP contribution >= 0.6 is 0 Å². The van der Waals surface area contributed by atoms with E-state index in [1.54, 1.807) is 4.90 Å². The third kappa shape index (κ3) is 2.39. The maximum absolute atomic E-state index is 12.2. The number of nitriles is 1. The summed E-state index contributed by atoms with van der Waals surface area (Å²) < 4.78 is 1.97. The average molecular weight is 295 g/mol. The van der Waals surface area contributed by atoms with Gasteiger partial charge in [-0.25, -0.2) is 4.98 Å². The molecule has 1 N–H and O–H groups in total. The fraction of sp³-hybridized carbons (Fsp3) is 0.438. The molecule has 1 atom stereocenters. The molecule has 112 valence electrons. The molecule has 2 aromatic rings. The highest BCUT2D eigenvalue weighted by atomic mass is 16.2. The molecule has 1 aliphatic carbocycles. The third-order valence-electron chi connectivity index (χ3n) is 4.47. The summed E-state index contributed by atoms with van der Waals surface area (Å²) in [5.74, 6) is 1.09. The standard InChI is InChI=1S/C16H17N5O/c17-10-20-6-5-13(7-20)16(22)19-14-9-21-8-12(11-1-2-11)3-4-15(21)18-14/h3-4,8-9,11,13H,1-2,5-7H2,(H,19,22)/t13-/m0/s1. The van der Waals surface area contributed by atoms with E-state index >= 15 is 0 Å². The van der Waals surface area contributed by atoms with Crippen LogP contribution in [0.3, 0.4) is 0 Å². The lowest BCUT2D eigenvalue weighted by molar-refractivity contribution is -0.119. The molecule has 2 aliphatic rings. The first-order chi connectivity index (χ1) is 10.7. The van der Waals surface area contributed by atoms with Gasteiger partial charge in [-0.1, -0.05) is 6.07 Å². The smallest absolute Gasteiger partial charge is 0.230 e. The van der Waals surface area contributed by atoms with Crippen molar-refractivity contribution in [2.75, 3.05) is 18.4 Å².